The fraction of sp³-hybridized carbons (Fsp3) is 0.235. The molecule has 2 aromatic carbocycles. The zero-order chi connectivity index (χ0) is 20.6. The molecule has 1 saturated carbocycles. The van der Waals surface area contributed by atoms with E-state index in [0.717, 1.165) is 18.9 Å². The van der Waals surface area contributed by atoms with Gasteiger partial charge in [-0.1, -0.05) is 18.2 Å². The molecule has 0 atom stereocenters. The van der Waals surface area contributed by atoms with Gasteiger partial charge in [-0.05, 0) is 53.6 Å². The van der Waals surface area contributed by atoms with Gasteiger partial charge in [-0.3, -0.25) is 4.72 Å². The summed E-state index contributed by atoms with van der Waals surface area (Å²) in [6, 6.07) is 11.8. The molecule has 1 fully saturated rings. The van der Waals surface area contributed by atoms with Crippen molar-refractivity contribution in [1.82, 2.24) is 24.9 Å². The quantitative estimate of drug-likeness (QED) is 0.569. The minimum atomic E-state index is -4.01. The number of hydrogen-bond acceptors (Lipinski definition) is 7. The van der Waals surface area contributed by atoms with Crippen molar-refractivity contribution in [3.8, 4) is 11.4 Å². The molecule has 1 aromatic heterocycles. The summed E-state index contributed by atoms with van der Waals surface area (Å²) in [5.74, 6) is 0.477. The van der Waals surface area contributed by atoms with Crippen molar-refractivity contribution in [1.29, 1.82) is 0 Å². The Morgan fingerprint density at radius 1 is 0.966 bits per heavy atom. The Kier molecular flexibility index (Phi) is 4.84. The third-order valence-electron chi connectivity index (χ3n) is 4.32. The number of rotatable bonds is 7. The number of sulfonamides is 2. The maximum atomic E-state index is 12.8. The van der Waals surface area contributed by atoms with Gasteiger partial charge in [0.05, 0.1) is 9.79 Å². The monoisotopic (exact) mass is 434 g/mol. The van der Waals surface area contributed by atoms with Crippen molar-refractivity contribution < 1.29 is 16.8 Å². The lowest BCUT2D eigenvalue weighted by molar-refractivity contribution is 0.580. The zero-order valence-corrected chi connectivity index (χ0v) is 17.0. The first-order valence-electron chi connectivity index (χ1n) is 8.73. The molecule has 0 amide bonds. The maximum Gasteiger partial charge on any atom is 0.261 e. The van der Waals surface area contributed by atoms with E-state index in [1.54, 1.807) is 31.3 Å². The minimum Gasteiger partial charge on any atom is -0.280 e. The highest BCUT2D eigenvalue weighted by molar-refractivity contribution is 7.93. The van der Waals surface area contributed by atoms with Crippen LogP contribution in [0, 0.1) is 0 Å². The van der Waals surface area contributed by atoms with Crippen LogP contribution in [-0.4, -0.2) is 43.1 Å². The zero-order valence-electron chi connectivity index (χ0n) is 15.3. The fourth-order valence-corrected chi connectivity index (χ4v) is 5.23. The Bertz CT molecular complexity index is 1270. The highest BCUT2D eigenvalue weighted by Crippen LogP contribution is 2.25. The van der Waals surface area contributed by atoms with Gasteiger partial charge in [-0.25, -0.2) is 26.2 Å². The Morgan fingerprint density at radius 3 is 2.31 bits per heavy atom. The molecule has 3 aromatic rings. The highest BCUT2D eigenvalue weighted by Gasteiger charge is 2.28. The minimum absolute atomic E-state index is 0.0729. The van der Waals surface area contributed by atoms with Gasteiger partial charge < -0.3 is 0 Å². The highest BCUT2D eigenvalue weighted by atomic mass is 32.2. The number of anilines is 1. The van der Waals surface area contributed by atoms with Gasteiger partial charge in [0, 0.05) is 24.3 Å². The fourth-order valence-electron chi connectivity index (χ4n) is 2.71. The summed E-state index contributed by atoms with van der Waals surface area (Å²) in [6.45, 7) is 0. The topological polar surface area (TPSA) is 136 Å². The Hall–Kier alpha value is -2.83. The summed E-state index contributed by atoms with van der Waals surface area (Å²) in [7, 11) is -6.09. The maximum absolute atomic E-state index is 12.8. The molecule has 1 aliphatic rings. The number of aryl methyl sites for hydroxylation is 1. The number of aromatic nitrogens is 4. The van der Waals surface area contributed by atoms with E-state index < -0.39 is 20.0 Å². The molecule has 2 N–H and O–H groups in total. The van der Waals surface area contributed by atoms with Crippen LogP contribution in [0.4, 0.5) is 5.69 Å². The van der Waals surface area contributed by atoms with Gasteiger partial charge in [-0.15, -0.1) is 5.10 Å². The first-order chi connectivity index (χ1) is 13.7. The molecule has 0 radical (unpaired) electrons. The van der Waals surface area contributed by atoms with E-state index in [9.17, 15) is 16.8 Å². The first-order valence-corrected chi connectivity index (χ1v) is 11.7. The van der Waals surface area contributed by atoms with Crippen molar-refractivity contribution in [3.05, 3.63) is 48.5 Å². The molecule has 0 bridgehead atoms. The van der Waals surface area contributed by atoms with Gasteiger partial charge >= 0.3 is 0 Å². The van der Waals surface area contributed by atoms with E-state index in [-0.39, 0.29) is 15.8 Å². The van der Waals surface area contributed by atoms with Crippen molar-refractivity contribution in [3.63, 3.8) is 0 Å². The second-order valence-electron chi connectivity index (χ2n) is 6.68. The lowest BCUT2D eigenvalue weighted by Crippen LogP contribution is -2.26. The third kappa shape index (κ3) is 4.28. The van der Waals surface area contributed by atoms with Crippen LogP contribution in [0.5, 0.6) is 0 Å². The van der Waals surface area contributed by atoms with Crippen LogP contribution in [0.3, 0.4) is 0 Å². The average Bonchev–Trinajstić information content (AvgIpc) is 3.37. The third-order valence-corrected chi connectivity index (χ3v) is 7.22. The normalized spacial score (nSPS) is 14.7. The van der Waals surface area contributed by atoms with Crippen LogP contribution >= 0.6 is 0 Å². The SMILES string of the molecule is Cn1nnnc1-c1cccc(NS(=O)(=O)c2cccc(S(=O)(=O)NC3CC3)c2)c1. The Balaban J connectivity index is 1.61. The molecule has 0 aliphatic heterocycles. The molecule has 0 unspecified atom stereocenters. The number of tetrazole rings is 1. The van der Waals surface area contributed by atoms with Crippen LogP contribution in [0.1, 0.15) is 12.8 Å². The van der Waals surface area contributed by atoms with E-state index in [0.29, 0.717) is 17.1 Å². The number of benzene rings is 2. The smallest absolute Gasteiger partial charge is 0.261 e. The molecule has 1 heterocycles. The average molecular weight is 435 g/mol. The second-order valence-corrected chi connectivity index (χ2v) is 10.1. The van der Waals surface area contributed by atoms with Crippen molar-refractivity contribution in [2.24, 2.45) is 7.05 Å². The number of nitrogens with zero attached hydrogens (tertiary/aromatic N) is 4. The van der Waals surface area contributed by atoms with Crippen molar-refractivity contribution in [2.75, 3.05) is 4.72 Å². The Labute approximate surface area is 168 Å². The summed E-state index contributed by atoms with van der Waals surface area (Å²) in [5, 5.41) is 11.2. The van der Waals surface area contributed by atoms with Crippen molar-refractivity contribution in [2.45, 2.75) is 28.7 Å². The van der Waals surface area contributed by atoms with Gasteiger partial charge in [0.1, 0.15) is 0 Å². The molecular formula is C17H18N6O4S2. The predicted molar refractivity (Wildman–Crippen MR) is 105 cm³/mol. The van der Waals surface area contributed by atoms with Crippen LogP contribution in [0.15, 0.2) is 58.3 Å². The summed E-state index contributed by atoms with van der Waals surface area (Å²) >= 11 is 0. The predicted octanol–water partition coefficient (Wildman–Crippen LogP) is 1.12. The van der Waals surface area contributed by atoms with Crippen LogP contribution in [-0.2, 0) is 27.1 Å². The molecule has 0 saturated heterocycles. The lowest BCUT2D eigenvalue weighted by atomic mass is 10.2. The number of hydrogen-bond donors (Lipinski definition) is 2. The van der Waals surface area contributed by atoms with E-state index in [2.05, 4.69) is 25.0 Å². The molecule has 4 rings (SSSR count). The molecule has 152 valence electrons. The summed E-state index contributed by atoms with van der Waals surface area (Å²) in [6.07, 6.45) is 1.58. The molecule has 12 heteroatoms. The van der Waals surface area contributed by atoms with Crippen LogP contribution in [0.2, 0.25) is 0 Å². The molecule has 10 nitrogen and oxygen atoms in total. The van der Waals surface area contributed by atoms with Gasteiger partial charge in [0.15, 0.2) is 5.82 Å². The Morgan fingerprint density at radius 2 is 1.66 bits per heavy atom. The molecule has 1 aliphatic carbocycles. The van der Waals surface area contributed by atoms with E-state index in [1.807, 2.05) is 0 Å². The van der Waals surface area contributed by atoms with Crippen molar-refractivity contribution >= 4 is 25.7 Å². The second kappa shape index (κ2) is 7.21. The van der Waals surface area contributed by atoms with Crippen LogP contribution in [0.25, 0.3) is 11.4 Å². The van der Waals surface area contributed by atoms with Gasteiger partial charge in [0.25, 0.3) is 10.0 Å². The number of nitrogens with one attached hydrogen (secondary N) is 2. The van der Waals surface area contributed by atoms with E-state index >= 15 is 0 Å². The standard InChI is InChI=1S/C17H18N6O4S2/c1-23-17(18-21-22-23)12-4-2-5-14(10-12)20-29(26,27)16-7-3-6-15(11-16)28(24,25)19-13-8-9-13/h2-7,10-11,13,19-20H,8-9H2,1H3. The first kappa shape index (κ1) is 19.5. The van der Waals surface area contributed by atoms with E-state index in [4.69, 9.17) is 0 Å². The largest absolute Gasteiger partial charge is 0.280 e. The van der Waals surface area contributed by atoms with Gasteiger partial charge in [-0.2, -0.15) is 0 Å². The van der Waals surface area contributed by atoms with Gasteiger partial charge in [0.2, 0.25) is 10.0 Å². The van der Waals surface area contributed by atoms with E-state index in [1.165, 1.54) is 22.9 Å². The van der Waals surface area contributed by atoms with Crippen LogP contribution < -0.4 is 9.44 Å². The summed E-state index contributed by atoms with van der Waals surface area (Å²) < 4.78 is 56.9. The summed E-state index contributed by atoms with van der Waals surface area (Å²) in [4.78, 5) is -0.243. The molecular weight excluding hydrogens is 416 g/mol. The summed E-state index contributed by atoms with van der Waals surface area (Å²) in [5.41, 5.74) is 0.928. The lowest BCUT2D eigenvalue weighted by Gasteiger charge is -2.11. The molecule has 29 heavy (non-hydrogen) atoms. The molecule has 0 spiro atoms.